The van der Waals surface area contributed by atoms with Crippen LogP contribution in [0.2, 0.25) is 0 Å². The Kier molecular flexibility index (Phi) is 2.91. The van der Waals surface area contributed by atoms with Crippen LogP contribution in [0.4, 0.5) is 0 Å². The van der Waals surface area contributed by atoms with Crippen molar-refractivity contribution < 1.29 is 9.84 Å². The minimum Gasteiger partial charge on any atom is -0.368 e. The van der Waals surface area contributed by atoms with Crippen LogP contribution in [0.1, 0.15) is 59.3 Å². The van der Waals surface area contributed by atoms with Gasteiger partial charge in [-0.3, -0.25) is 4.68 Å². The molecule has 4 nitrogen and oxygen atoms in total. The molecule has 0 radical (unpaired) electrons. The van der Waals surface area contributed by atoms with Crippen LogP contribution in [0.5, 0.6) is 0 Å². The molecule has 0 aliphatic heterocycles. The number of ether oxygens (including phenoxy) is 1. The van der Waals surface area contributed by atoms with E-state index < -0.39 is 6.29 Å². The van der Waals surface area contributed by atoms with Crippen LogP contribution in [0.3, 0.4) is 0 Å². The maximum atomic E-state index is 9.88. The summed E-state index contributed by atoms with van der Waals surface area (Å²) in [5.74, 6) is 0. The summed E-state index contributed by atoms with van der Waals surface area (Å²) >= 11 is 0. The predicted molar refractivity (Wildman–Crippen MR) is 84.1 cm³/mol. The Balaban J connectivity index is 1.71. The molecular weight excluding hydrogens is 276 g/mol. The number of nitrogens with zero attached hydrogens (tertiary/aromatic N) is 2. The van der Waals surface area contributed by atoms with Crippen molar-refractivity contribution in [2.45, 2.75) is 77.7 Å². The molecule has 0 spiro atoms. The molecule has 22 heavy (non-hydrogen) atoms. The molecule has 1 aromatic heterocycles. The highest BCUT2D eigenvalue weighted by Gasteiger charge is 2.66. The highest BCUT2D eigenvalue weighted by Crippen LogP contribution is 2.72. The molecular formula is C18H28N2O2. The Labute approximate surface area is 132 Å². The van der Waals surface area contributed by atoms with Crippen molar-refractivity contribution in [2.24, 2.45) is 16.2 Å². The van der Waals surface area contributed by atoms with E-state index in [0.29, 0.717) is 10.8 Å². The first-order valence-corrected chi connectivity index (χ1v) is 8.57. The quantitative estimate of drug-likeness (QED) is 0.868. The molecule has 4 saturated carbocycles. The van der Waals surface area contributed by atoms with Crippen LogP contribution in [-0.4, -0.2) is 26.8 Å². The Hall–Kier alpha value is -0.870. The van der Waals surface area contributed by atoms with Crippen LogP contribution < -0.4 is 0 Å². The first-order valence-electron chi connectivity index (χ1n) is 8.57. The zero-order valence-electron chi connectivity index (χ0n) is 14.0. The van der Waals surface area contributed by atoms with E-state index in [1.807, 2.05) is 12.3 Å². The molecule has 4 bridgehead atoms. The van der Waals surface area contributed by atoms with Crippen LogP contribution in [0.15, 0.2) is 18.5 Å². The van der Waals surface area contributed by atoms with E-state index in [-0.39, 0.29) is 11.0 Å². The fraction of sp³-hybridized carbons (Fsp3) is 0.833. The summed E-state index contributed by atoms with van der Waals surface area (Å²) in [5.41, 5.74) is 0.801. The highest BCUT2D eigenvalue weighted by molar-refractivity contribution is 5.16. The van der Waals surface area contributed by atoms with Crippen LogP contribution in [-0.2, 0) is 11.3 Å². The molecule has 3 unspecified atom stereocenters. The lowest BCUT2D eigenvalue weighted by Crippen LogP contribution is -2.64. The second kappa shape index (κ2) is 4.35. The summed E-state index contributed by atoms with van der Waals surface area (Å²) < 4.78 is 8.24. The zero-order chi connectivity index (χ0) is 15.6. The molecule has 4 heteroatoms. The van der Waals surface area contributed by atoms with E-state index in [0.717, 1.165) is 25.8 Å². The summed E-state index contributed by atoms with van der Waals surface area (Å²) in [6.45, 7) is 7.60. The number of rotatable bonds is 4. The number of aliphatic hydroxyl groups excluding tert-OH is 1. The van der Waals surface area contributed by atoms with Crippen molar-refractivity contribution in [3.63, 3.8) is 0 Å². The van der Waals surface area contributed by atoms with Gasteiger partial charge in [0.1, 0.15) is 0 Å². The van der Waals surface area contributed by atoms with Crippen molar-refractivity contribution >= 4 is 0 Å². The molecule has 4 aliphatic rings. The monoisotopic (exact) mass is 304 g/mol. The number of aromatic nitrogens is 2. The maximum Gasteiger partial charge on any atom is 0.152 e. The van der Waals surface area contributed by atoms with E-state index in [1.54, 1.807) is 6.92 Å². The molecule has 1 heterocycles. The topological polar surface area (TPSA) is 47.3 Å². The van der Waals surface area contributed by atoms with Gasteiger partial charge in [-0.05, 0) is 67.8 Å². The summed E-state index contributed by atoms with van der Waals surface area (Å²) in [6.07, 6.45) is 10.4. The van der Waals surface area contributed by atoms with E-state index in [4.69, 9.17) is 4.74 Å². The van der Waals surface area contributed by atoms with Crippen LogP contribution in [0, 0.1) is 16.2 Å². The molecule has 0 aromatic carbocycles. The van der Waals surface area contributed by atoms with Gasteiger partial charge in [-0.2, -0.15) is 5.10 Å². The Morgan fingerprint density at radius 2 is 1.82 bits per heavy atom. The standard InChI is InChI=1S/C18H28N2O2/c1-14(21)22-18-10-15(2)7-16(3,11-18)9-17(8-15,12-18)13-20-6-4-5-19-20/h4-6,14,21H,7-13H2,1-3H3. The summed E-state index contributed by atoms with van der Waals surface area (Å²) in [5, 5.41) is 14.3. The lowest BCUT2D eigenvalue weighted by molar-refractivity contribution is -0.287. The summed E-state index contributed by atoms with van der Waals surface area (Å²) in [7, 11) is 0. The highest BCUT2D eigenvalue weighted by atomic mass is 16.6. The zero-order valence-corrected chi connectivity index (χ0v) is 14.0. The van der Waals surface area contributed by atoms with Gasteiger partial charge >= 0.3 is 0 Å². The minimum absolute atomic E-state index is 0.139. The molecule has 0 saturated heterocycles. The predicted octanol–water partition coefficient (Wildman–Crippen LogP) is 3.36. The molecule has 3 atom stereocenters. The summed E-state index contributed by atoms with van der Waals surface area (Å²) in [4.78, 5) is 0. The fourth-order valence-corrected chi connectivity index (χ4v) is 7.22. The van der Waals surface area contributed by atoms with Gasteiger partial charge in [-0.25, -0.2) is 0 Å². The van der Waals surface area contributed by atoms with Crippen molar-refractivity contribution in [3.8, 4) is 0 Å². The number of hydrogen-bond acceptors (Lipinski definition) is 3. The van der Waals surface area contributed by atoms with Crippen molar-refractivity contribution in [1.82, 2.24) is 9.78 Å². The largest absolute Gasteiger partial charge is 0.368 e. The maximum absolute atomic E-state index is 9.88. The third-order valence-corrected chi connectivity index (χ3v) is 6.13. The van der Waals surface area contributed by atoms with Gasteiger partial charge in [0.25, 0.3) is 0 Å². The molecule has 1 aromatic rings. The van der Waals surface area contributed by atoms with Gasteiger partial charge in [-0.1, -0.05) is 13.8 Å². The number of hydrogen-bond donors (Lipinski definition) is 1. The lowest BCUT2D eigenvalue weighted by Gasteiger charge is -2.69. The molecule has 0 amide bonds. The van der Waals surface area contributed by atoms with Gasteiger partial charge in [0, 0.05) is 18.9 Å². The van der Waals surface area contributed by atoms with Gasteiger partial charge in [-0.15, -0.1) is 0 Å². The van der Waals surface area contributed by atoms with Gasteiger partial charge in [0.15, 0.2) is 6.29 Å². The van der Waals surface area contributed by atoms with Crippen molar-refractivity contribution in [3.05, 3.63) is 18.5 Å². The van der Waals surface area contributed by atoms with Gasteiger partial charge in [0.05, 0.1) is 5.60 Å². The fourth-order valence-electron chi connectivity index (χ4n) is 7.22. The first kappa shape index (κ1) is 14.7. The third-order valence-electron chi connectivity index (χ3n) is 6.13. The van der Waals surface area contributed by atoms with Crippen molar-refractivity contribution in [1.29, 1.82) is 0 Å². The van der Waals surface area contributed by atoms with E-state index >= 15 is 0 Å². The Morgan fingerprint density at radius 1 is 1.14 bits per heavy atom. The lowest BCUT2D eigenvalue weighted by atomic mass is 9.39. The molecule has 5 rings (SSSR count). The first-order chi connectivity index (χ1) is 10.2. The molecule has 1 N–H and O–H groups in total. The van der Waals surface area contributed by atoms with Crippen LogP contribution >= 0.6 is 0 Å². The Morgan fingerprint density at radius 3 is 2.36 bits per heavy atom. The SMILES string of the molecule is CC(O)OC12CC3(C)CC(C)(CC(Cn4cccn4)(C3)C1)C2. The van der Waals surface area contributed by atoms with E-state index in [1.165, 1.54) is 19.3 Å². The van der Waals surface area contributed by atoms with Gasteiger partial charge < -0.3 is 9.84 Å². The molecule has 4 aliphatic carbocycles. The van der Waals surface area contributed by atoms with Crippen LogP contribution in [0.25, 0.3) is 0 Å². The summed E-state index contributed by atoms with van der Waals surface area (Å²) in [6, 6.07) is 2.01. The van der Waals surface area contributed by atoms with E-state index in [9.17, 15) is 5.11 Å². The second-order valence-corrected chi connectivity index (χ2v) is 9.29. The van der Waals surface area contributed by atoms with E-state index in [2.05, 4.69) is 29.8 Å². The molecule has 122 valence electrons. The smallest absolute Gasteiger partial charge is 0.152 e. The average Bonchev–Trinajstić information content (AvgIpc) is 2.72. The van der Waals surface area contributed by atoms with Crippen molar-refractivity contribution in [2.75, 3.05) is 0 Å². The number of aliphatic hydroxyl groups is 1. The third kappa shape index (κ3) is 2.31. The minimum atomic E-state index is -0.676. The normalized spacial score (nSPS) is 47.8. The molecule has 4 fully saturated rings. The second-order valence-electron chi connectivity index (χ2n) is 9.29. The average molecular weight is 304 g/mol. The van der Waals surface area contributed by atoms with Gasteiger partial charge in [0.2, 0.25) is 0 Å². The Bertz CT molecular complexity index is 548.